The maximum absolute atomic E-state index is 9.19. The summed E-state index contributed by atoms with van der Waals surface area (Å²) in [5.74, 6) is 0. The topological polar surface area (TPSA) is 23.8 Å². The monoisotopic (exact) mass is 361 g/mol. The van der Waals surface area contributed by atoms with E-state index in [1.54, 1.807) is 6.07 Å². The Balaban J connectivity index is 2.24. The Hall–Kier alpha value is -1.27. The molecule has 0 spiro atoms. The van der Waals surface area contributed by atoms with Crippen molar-refractivity contribution < 1.29 is 0 Å². The van der Waals surface area contributed by atoms with E-state index in [9.17, 15) is 5.26 Å². The third-order valence-corrected chi connectivity index (χ3v) is 7.84. The molecule has 1 nitrogen and oxygen atoms in total. The minimum Gasteiger partial charge on any atom is -0.198 e. The summed E-state index contributed by atoms with van der Waals surface area (Å²) in [5, 5.41) is 13.2. The average Bonchev–Trinajstić information content (AvgIpc) is 2.51. The van der Waals surface area contributed by atoms with E-state index in [0.717, 1.165) is 18.9 Å². The minimum atomic E-state index is -1.39. The van der Waals surface area contributed by atoms with Gasteiger partial charge in [0.1, 0.15) is 8.80 Å². The Morgan fingerprint density at radius 1 is 1.00 bits per heavy atom. The number of halogens is 2. The van der Waals surface area contributed by atoms with Gasteiger partial charge >= 0.3 is 0 Å². The predicted octanol–water partition coefficient (Wildman–Crippen LogP) is 4.66. The first-order valence-electron chi connectivity index (χ1n) is 7.83. The number of nitrogens with zero attached hydrogens (tertiary/aromatic N) is 1. The molecular formula is C19H21Cl2NSi. The summed E-state index contributed by atoms with van der Waals surface area (Å²) in [6, 6.07) is 20.0. The summed E-state index contributed by atoms with van der Waals surface area (Å²) in [6.45, 7) is 4.00. The lowest BCUT2D eigenvalue weighted by atomic mass is 9.90. The molecule has 1 unspecified atom stereocenters. The predicted molar refractivity (Wildman–Crippen MR) is 103 cm³/mol. The van der Waals surface area contributed by atoms with Gasteiger partial charge in [-0.25, -0.2) is 0 Å². The summed E-state index contributed by atoms with van der Waals surface area (Å²) in [7, 11) is -1.39. The standard InChI is InChI=1S/C19H21Cl2NSi/c1-19(2,14-22)9-6-10-23(17-7-4-3-5-8-17)18-12-15(20)11-16(21)13-18/h3-5,7-8,11-13,23H,6,9-10H2,1-2H3. The molecule has 0 fully saturated rings. The first kappa shape index (κ1) is 18.1. The molecule has 4 heteroatoms. The van der Waals surface area contributed by atoms with E-state index in [1.807, 2.05) is 32.0 Å². The molecule has 23 heavy (non-hydrogen) atoms. The third kappa shape index (κ3) is 5.39. The van der Waals surface area contributed by atoms with Gasteiger partial charge in [0.25, 0.3) is 0 Å². The summed E-state index contributed by atoms with van der Waals surface area (Å²) in [4.78, 5) is 0. The van der Waals surface area contributed by atoms with E-state index in [2.05, 4.69) is 30.3 Å². The Morgan fingerprint density at radius 2 is 1.61 bits per heavy atom. The molecule has 0 radical (unpaired) electrons. The van der Waals surface area contributed by atoms with E-state index in [1.165, 1.54) is 10.4 Å². The van der Waals surface area contributed by atoms with Crippen LogP contribution in [0.4, 0.5) is 0 Å². The molecule has 2 rings (SSSR count). The van der Waals surface area contributed by atoms with Crippen molar-refractivity contribution in [1.29, 1.82) is 5.26 Å². The van der Waals surface area contributed by atoms with Crippen LogP contribution in [0.1, 0.15) is 26.7 Å². The van der Waals surface area contributed by atoms with E-state index in [-0.39, 0.29) is 5.41 Å². The molecule has 0 bridgehead atoms. The summed E-state index contributed by atoms with van der Waals surface area (Å²) in [6.07, 6.45) is 1.95. The second-order valence-electron chi connectivity index (χ2n) is 6.55. The van der Waals surface area contributed by atoms with Crippen LogP contribution in [0.15, 0.2) is 48.5 Å². The highest BCUT2D eigenvalue weighted by Crippen LogP contribution is 2.23. The fourth-order valence-corrected chi connectivity index (χ4v) is 6.66. The van der Waals surface area contributed by atoms with E-state index < -0.39 is 8.80 Å². The van der Waals surface area contributed by atoms with Gasteiger partial charge in [-0.3, -0.25) is 0 Å². The van der Waals surface area contributed by atoms with E-state index in [0.29, 0.717) is 10.0 Å². The number of hydrogen-bond donors (Lipinski definition) is 0. The second kappa shape index (κ2) is 8.01. The van der Waals surface area contributed by atoms with Crippen molar-refractivity contribution >= 4 is 42.4 Å². The smallest absolute Gasteiger partial charge is 0.103 e. The van der Waals surface area contributed by atoms with Crippen LogP contribution < -0.4 is 10.4 Å². The van der Waals surface area contributed by atoms with Gasteiger partial charge in [-0.2, -0.15) is 5.26 Å². The van der Waals surface area contributed by atoms with Crippen molar-refractivity contribution in [2.45, 2.75) is 32.7 Å². The number of benzene rings is 2. The molecule has 0 saturated carbocycles. The van der Waals surface area contributed by atoms with Crippen molar-refractivity contribution in [3.05, 3.63) is 58.6 Å². The lowest BCUT2D eigenvalue weighted by Crippen LogP contribution is -2.42. The number of rotatable bonds is 6. The van der Waals surface area contributed by atoms with Gasteiger partial charge in [-0.05, 0) is 38.5 Å². The second-order valence-corrected chi connectivity index (χ2v) is 10.4. The zero-order valence-electron chi connectivity index (χ0n) is 13.5. The molecule has 0 saturated heterocycles. The van der Waals surface area contributed by atoms with Crippen molar-refractivity contribution in [2.75, 3.05) is 0 Å². The lowest BCUT2D eigenvalue weighted by Gasteiger charge is -2.20. The quantitative estimate of drug-likeness (QED) is 0.686. The molecule has 2 aromatic carbocycles. The van der Waals surface area contributed by atoms with Gasteiger partial charge in [0.05, 0.1) is 11.5 Å². The van der Waals surface area contributed by atoms with Crippen LogP contribution in [0.3, 0.4) is 0 Å². The van der Waals surface area contributed by atoms with E-state index >= 15 is 0 Å². The molecule has 0 aliphatic rings. The first-order valence-corrected chi connectivity index (χ1v) is 10.6. The molecule has 120 valence electrons. The van der Waals surface area contributed by atoms with Crippen LogP contribution in [-0.4, -0.2) is 8.80 Å². The molecular weight excluding hydrogens is 341 g/mol. The van der Waals surface area contributed by atoms with Crippen molar-refractivity contribution in [3.63, 3.8) is 0 Å². The van der Waals surface area contributed by atoms with Crippen molar-refractivity contribution in [2.24, 2.45) is 5.41 Å². The normalized spacial score (nSPS) is 12.7. The Kier molecular flexibility index (Phi) is 6.30. The minimum absolute atomic E-state index is 0.262. The van der Waals surface area contributed by atoms with Crippen LogP contribution in [0.5, 0.6) is 0 Å². The fraction of sp³-hybridized carbons (Fsp3) is 0.316. The molecule has 0 N–H and O–H groups in total. The van der Waals surface area contributed by atoms with Crippen LogP contribution in [-0.2, 0) is 0 Å². The third-order valence-electron chi connectivity index (χ3n) is 4.09. The SMILES string of the molecule is CC(C)(C#N)CCC[SiH](c1ccccc1)c1cc(Cl)cc(Cl)c1. The Bertz CT molecular complexity index is 672. The van der Waals surface area contributed by atoms with Crippen LogP contribution in [0.2, 0.25) is 16.1 Å². The van der Waals surface area contributed by atoms with Crippen molar-refractivity contribution in [3.8, 4) is 6.07 Å². The van der Waals surface area contributed by atoms with Gasteiger partial charge in [0.2, 0.25) is 0 Å². The Labute approximate surface area is 150 Å². The average molecular weight is 362 g/mol. The number of nitriles is 1. The molecule has 0 aliphatic carbocycles. The highest BCUT2D eigenvalue weighted by atomic mass is 35.5. The number of hydrogen-bond acceptors (Lipinski definition) is 1. The maximum atomic E-state index is 9.19. The molecule has 1 atom stereocenters. The molecule has 0 aliphatic heterocycles. The van der Waals surface area contributed by atoms with Crippen LogP contribution >= 0.6 is 23.2 Å². The van der Waals surface area contributed by atoms with E-state index in [4.69, 9.17) is 23.2 Å². The fourth-order valence-electron chi connectivity index (χ4n) is 2.79. The van der Waals surface area contributed by atoms with Gasteiger partial charge < -0.3 is 0 Å². The zero-order valence-corrected chi connectivity index (χ0v) is 16.2. The summed E-state index contributed by atoms with van der Waals surface area (Å²) in [5.41, 5.74) is -0.262. The summed E-state index contributed by atoms with van der Waals surface area (Å²) >= 11 is 12.4. The maximum Gasteiger partial charge on any atom is 0.103 e. The first-order chi connectivity index (χ1) is 10.9. The Morgan fingerprint density at radius 3 is 2.17 bits per heavy atom. The van der Waals surface area contributed by atoms with Crippen LogP contribution in [0.25, 0.3) is 0 Å². The van der Waals surface area contributed by atoms with Gasteiger partial charge in [-0.1, -0.05) is 76.4 Å². The molecule has 0 aromatic heterocycles. The summed E-state index contributed by atoms with van der Waals surface area (Å²) < 4.78 is 0. The molecule has 2 aromatic rings. The lowest BCUT2D eigenvalue weighted by molar-refractivity contribution is 0.445. The van der Waals surface area contributed by atoms with Crippen molar-refractivity contribution in [1.82, 2.24) is 0 Å². The molecule has 0 amide bonds. The van der Waals surface area contributed by atoms with Crippen LogP contribution in [0, 0.1) is 16.7 Å². The zero-order chi connectivity index (χ0) is 16.9. The highest BCUT2D eigenvalue weighted by Gasteiger charge is 2.21. The highest BCUT2D eigenvalue weighted by molar-refractivity contribution is 6.85. The largest absolute Gasteiger partial charge is 0.198 e. The van der Waals surface area contributed by atoms with Gasteiger partial charge in [0.15, 0.2) is 0 Å². The van der Waals surface area contributed by atoms with Gasteiger partial charge in [0, 0.05) is 10.0 Å². The van der Waals surface area contributed by atoms with Gasteiger partial charge in [-0.15, -0.1) is 0 Å². The molecule has 0 heterocycles.